The van der Waals surface area contributed by atoms with Crippen LogP contribution < -0.4 is 15.4 Å². The third-order valence-corrected chi connectivity index (χ3v) is 3.72. The van der Waals surface area contributed by atoms with Gasteiger partial charge in [0.2, 0.25) is 11.8 Å². The van der Waals surface area contributed by atoms with Crippen LogP contribution in [0.25, 0.3) is 0 Å². The number of nitrogens with zero attached hydrogens (tertiary/aromatic N) is 1. The van der Waals surface area contributed by atoms with Gasteiger partial charge < -0.3 is 15.4 Å². The Morgan fingerprint density at radius 2 is 2.21 bits per heavy atom. The number of rotatable bonds is 6. The third kappa shape index (κ3) is 5.36. The van der Waals surface area contributed by atoms with Gasteiger partial charge in [-0.3, -0.25) is 4.79 Å². The third-order valence-electron chi connectivity index (χ3n) is 3.72. The van der Waals surface area contributed by atoms with Crippen molar-refractivity contribution in [2.75, 3.05) is 13.2 Å². The Bertz CT molecular complexity index is 570. The largest absolute Gasteiger partial charge is 0.475 e. The number of carbonyl (C=O) groups excluding carboxylic acids is 1. The van der Waals surface area contributed by atoms with Crippen molar-refractivity contribution in [1.29, 1.82) is 0 Å². The molecule has 0 aromatic carbocycles. The van der Waals surface area contributed by atoms with Crippen molar-refractivity contribution in [3.05, 3.63) is 23.9 Å². The molecule has 1 atom stereocenters. The SMILES string of the molecule is CC(C)(COc1ncccc1C(F)(F)F)NC(=O)C[C@@H]1CCCN1. The predicted octanol–water partition coefficient (Wildman–Crippen LogP) is 2.52. The summed E-state index contributed by atoms with van der Waals surface area (Å²) in [5, 5.41) is 6.03. The molecular weight excluding hydrogens is 323 g/mol. The summed E-state index contributed by atoms with van der Waals surface area (Å²) in [7, 11) is 0. The highest BCUT2D eigenvalue weighted by atomic mass is 19.4. The monoisotopic (exact) mass is 345 g/mol. The lowest BCUT2D eigenvalue weighted by molar-refractivity contribution is -0.139. The minimum Gasteiger partial charge on any atom is -0.475 e. The summed E-state index contributed by atoms with van der Waals surface area (Å²) in [6.45, 7) is 4.19. The van der Waals surface area contributed by atoms with E-state index in [1.807, 2.05) is 0 Å². The molecule has 0 aliphatic carbocycles. The molecule has 8 heteroatoms. The van der Waals surface area contributed by atoms with E-state index in [0.29, 0.717) is 6.42 Å². The predicted molar refractivity (Wildman–Crippen MR) is 82.6 cm³/mol. The number of nitrogens with one attached hydrogen (secondary N) is 2. The van der Waals surface area contributed by atoms with Gasteiger partial charge in [-0.15, -0.1) is 0 Å². The molecule has 0 unspecified atom stereocenters. The molecule has 134 valence electrons. The first kappa shape index (κ1) is 18.5. The lowest BCUT2D eigenvalue weighted by Gasteiger charge is -2.27. The molecule has 0 bridgehead atoms. The molecular formula is C16H22F3N3O2. The standard InChI is InChI=1S/C16H22F3N3O2/c1-15(2,22-13(23)9-11-5-3-7-20-11)10-24-14-12(16(17,18)19)6-4-8-21-14/h4,6,8,11,20H,3,5,7,9-10H2,1-2H3,(H,22,23)/t11-/m0/s1. The second-order valence-electron chi connectivity index (χ2n) is 6.57. The van der Waals surface area contributed by atoms with Crippen LogP contribution in [0.4, 0.5) is 13.2 Å². The van der Waals surface area contributed by atoms with E-state index in [0.717, 1.165) is 25.5 Å². The van der Waals surface area contributed by atoms with Gasteiger partial charge >= 0.3 is 6.18 Å². The number of carbonyl (C=O) groups is 1. The van der Waals surface area contributed by atoms with Crippen molar-refractivity contribution < 1.29 is 22.7 Å². The molecule has 5 nitrogen and oxygen atoms in total. The van der Waals surface area contributed by atoms with E-state index in [1.54, 1.807) is 13.8 Å². The summed E-state index contributed by atoms with van der Waals surface area (Å²) in [6.07, 6.45) is -0.953. The van der Waals surface area contributed by atoms with Crippen molar-refractivity contribution in [2.24, 2.45) is 0 Å². The zero-order valence-corrected chi connectivity index (χ0v) is 13.7. The number of pyridine rings is 1. The summed E-state index contributed by atoms with van der Waals surface area (Å²) in [4.78, 5) is 15.7. The molecule has 24 heavy (non-hydrogen) atoms. The molecule has 1 aliphatic rings. The van der Waals surface area contributed by atoms with E-state index in [9.17, 15) is 18.0 Å². The Kier molecular flexibility index (Phi) is 5.69. The Hall–Kier alpha value is -1.83. The first-order valence-corrected chi connectivity index (χ1v) is 7.87. The van der Waals surface area contributed by atoms with E-state index in [-0.39, 0.29) is 18.6 Å². The first-order valence-electron chi connectivity index (χ1n) is 7.87. The van der Waals surface area contributed by atoms with Crippen molar-refractivity contribution in [3.63, 3.8) is 0 Å². The topological polar surface area (TPSA) is 63.2 Å². The van der Waals surface area contributed by atoms with Crippen LogP contribution in [0.3, 0.4) is 0 Å². The van der Waals surface area contributed by atoms with Crippen LogP contribution in [0, 0.1) is 0 Å². The Labute approximate surface area is 139 Å². The summed E-state index contributed by atoms with van der Waals surface area (Å²) in [5.74, 6) is -0.634. The van der Waals surface area contributed by atoms with Crippen molar-refractivity contribution in [2.45, 2.75) is 50.9 Å². The summed E-state index contributed by atoms with van der Waals surface area (Å²) in [5.41, 5.74) is -1.74. The zero-order valence-electron chi connectivity index (χ0n) is 13.7. The van der Waals surface area contributed by atoms with Gasteiger partial charge in [0.05, 0.1) is 5.54 Å². The van der Waals surface area contributed by atoms with Crippen LogP contribution in [0.2, 0.25) is 0 Å². The number of hydrogen-bond donors (Lipinski definition) is 2. The molecule has 1 aromatic heterocycles. The van der Waals surface area contributed by atoms with Crippen LogP contribution in [0.5, 0.6) is 5.88 Å². The van der Waals surface area contributed by atoms with Gasteiger partial charge in [0, 0.05) is 18.7 Å². The average Bonchev–Trinajstić information content (AvgIpc) is 2.96. The lowest BCUT2D eigenvalue weighted by atomic mass is 10.1. The zero-order chi connectivity index (χ0) is 17.8. The van der Waals surface area contributed by atoms with Gasteiger partial charge in [-0.1, -0.05) is 0 Å². The molecule has 2 rings (SSSR count). The number of aromatic nitrogens is 1. The molecule has 1 saturated heterocycles. The lowest BCUT2D eigenvalue weighted by Crippen LogP contribution is -2.49. The fourth-order valence-corrected chi connectivity index (χ4v) is 2.59. The van der Waals surface area contributed by atoms with Gasteiger partial charge in [-0.05, 0) is 45.4 Å². The Balaban J connectivity index is 1.91. The van der Waals surface area contributed by atoms with E-state index < -0.39 is 23.2 Å². The van der Waals surface area contributed by atoms with Crippen LogP contribution in [0.1, 0.15) is 38.7 Å². The molecule has 0 radical (unpaired) electrons. The second-order valence-corrected chi connectivity index (χ2v) is 6.57. The normalized spacial score (nSPS) is 18.5. The summed E-state index contributed by atoms with van der Waals surface area (Å²) in [6, 6.07) is 2.28. The van der Waals surface area contributed by atoms with Crippen molar-refractivity contribution in [1.82, 2.24) is 15.6 Å². The summed E-state index contributed by atoms with van der Waals surface area (Å²) < 4.78 is 44.0. The maximum absolute atomic E-state index is 12.9. The van der Waals surface area contributed by atoms with Gasteiger partial charge in [0.1, 0.15) is 12.2 Å². The number of alkyl halides is 3. The highest BCUT2D eigenvalue weighted by Gasteiger charge is 2.35. The maximum Gasteiger partial charge on any atom is 0.421 e. The van der Waals surface area contributed by atoms with E-state index in [1.165, 1.54) is 12.3 Å². The van der Waals surface area contributed by atoms with Gasteiger partial charge in [0.15, 0.2) is 0 Å². The number of ether oxygens (including phenoxy) is 1. The fraction of sp³-hybridized carbons (Fsp3) is 0.625. The maximum atomic E-state index is 12.9. The van der Waals surface area contributed by atoms with Crippen LogP contribution in [-0.4, -0.2) is 35.6 Å². The summed E-state index contributed by atoms with van der Waals surface area (Å²) >= 11 is 0. The first-order chi connectivity index (χ1) is 11.2. The number of halogens is 3. The molecule has 0 spiro atoms. The van der Waals surface area contributed by atoms with Gasteiger partial charge in [0.25, 0.3) is 0 Å². The molecule has 2 heterocycles. The van der Waals surface area contributed by atoms with Gasteiger partial charge in [-0.2, -0.15) is 13.2 Å². The van der Waals surface area contributed by atoms with Crippen molar-refractivity contribution >= 4 is 5.91 Å². The van der Waals surface area contributed by atoms with E-state index >= 15 is 0 Å². The Morgan fingerprint density at radius 1 is 1.46 bits per heavy atom. The number of amides is 1. The minimum absolute atomic E-state index is 0.114. The fourth-order valence-electron chi connectivity index (χ4n) is 2.59. The molecule has 0 saturated carbocycles. The van der Waals surface area contributed by atoms with E-state index in [2.05, 4.69) is 15.6 Å². The second kappa shape index (κ2) is 7.38. The van der Waals surface area contributed by atoms with E-state index in [4.69, 9.17) is 4.74 Å². The van der Waals surface area contributed by atoms with Crippen LogP contribution in [0.15, 0.2) is 18.3 Å². The minimum atomic E-state index is -4.54. The quantitative estimate of drug-likeness (QED) is 0.832. The average molecular weight is 345 g/mol. The Morgan fingerprint density at radius 3 is 2.83 bits per heavy atom. The van der Waals surface area contributed by atoms with Crippen molar-refractivity contribution in [3.8, 4) is 5.88 Å². The highest BCUT2D eigenvalue weighted by Crippen LogP contribution is 2.34. The smallest absolute Gasteiger partial charge is 0.421 e. The van der Waals surface area contributed by atoms with Crippen LogP contribution >= 0.6 is 0 Å². The highest BCUT2D eigenvalue weighted by molar-refractivity contribution is 5.77. The van der Waals surface area contributed by atoms with Gasteiger partial charge in [-0.25, -0.2) is 4.98 Å². The van der Waals surface area contributed by atoms with Crippen LogP contribution in [-0.2, 0) is 11.0 Å². The number of hydrogen-bond acceptors (Lipinski definition) is 4. The molecule has 1 aliphatic heterocycles. The molecule has 1 amide bonds. The molecule has 1 fully saturated rings. The molecule has 1 aromatic rings. The molecule has 2 N–H and O–H groups in total.